The number of amides is 1. The van der Waals surface area contributed by atoms with Gasteiger partial charge in [-0.25, -0.2) is 0 Å². The number of ether oxygens (including phenoxy) is 1. The number of primary amides is 1. The van der Waals surface area contributed by atoms with Crippen molar-refractivity contribution in [1.29, 1.82) is 0 Å². The quantitative estimate of drug-likeness (QED) is 0.551. The van der Waals surface area contributed by atoms with Crippen LogP contribution in [0.15, 0.2) is 0 Å². The maximum Gasteiger partial charge on any atom is 0.238 e. The van der Waals surface area contributed by atoms with Crippen molar-refractivity contribution in [3.8, 4) is 0 Å². The first-order chi connectivity index (χ1) is 7.98. The lowest BCUT2D eigenvalue weighted by atomic mass is 10.0. The first-order valence-corrected chi connectivity index (χ1v) is 6.23. The third-order valence-corrected chi connectivity index (χ3v) is 3.35. The SMILES string of the molecule is CNC(C)(CN(C)CCOCC1CC1)C(N)=O. The minimum absolute atomic E-state index is 0.328. The van der Waals surface area contributed by atoms with Crippen LogP contribution in [0.3, 0.4) is 0 Å². The number of carbonyl (C=O) groups is 1. The fraction of sp³-hybridized carbons (Fsp3) is 0.917. The number of hydrogen-bond acceptors (Lipinski definition) is 4. The summed E-state index contributed by atoms with van der Waals surface area (Å²) in [5.41, 5.74) is 4.70. The van der Waals surface area contributed by atoms with Crippen molar-refractivity contribution >= 4 is 5.91 Å². The molecule has 0 saturated heterocycles. The van der Waals surface area contributed by atoms with Crippen LogP contribution in [0.1, 0.15) is 19.8 Å². The van der Waals surface area contributed by atoms with Crippen molar-refractivity contribution in [2.24, 2.45) is 11.7 Å². The summed E-state index contributed by atoms with van der Waals surface area (Å²) in [4.78, 5) is 13.4. The molecule has 0 spiro atoms. The molecule has 1 aliphatic carbocycles. The number of rotatable bonds is 9. The van der Waals surface area contributed by atoms with Crippen molar-refractivity contribution in [2.75, 3.05) is 40.4 Å². The van der Waals surface area contributed by atoms with Crippen LogP contribution in [-0.4, -0.2) is 56.7 Å². The third kappa shape index (κ3) is 5.02. The Morgan fingerprint density at radius 3 is 2.71 bits per heavy atom. The van der Waals surface area contributed by atoms with Gasteiger partial charge < -0.3 is 20.7 Å². The zero-order valence-electron chi connectivity index (χ0n) is 11.2. The normalized spacial score (nSPS) is 19.3. The number of nitrogens with two attached hydrogens (primary N) is 1. The van der Waals surface area contributed by atoms with Gasteiger partial charge in [0.25, 0.3) is 0 Å². The van der Waals surface area contributed by atoms with E-state index in [-0.39, 0.29) is 5.91 Å². The highest BCUT2D eigenvalue weighted by atomic mass is 16.5. The van der Waals surface area contributed by atoms with E-state index in [0.717, 1.165) is 19.1 Å². The molecule has 0 aromatic rings. The second-order valence-corrected chi connectivity index (χ2v) is 5.20. The van der Waals surface area contributed by atoms with Gasteiger partial charge in [-0.3, -0.25) is 4.79 Å². The van der Waals surface area contributed by atoms with Gasteiger partial charge in [-0.15, -0.1) is 0 Å². The molecule has 17 heavy (non-hydrogen) atoms. The summed E-state index contributed by atoms with van der Waals surface area (Å²) in [6.07, 6.45) is 2.63. The van der Waals surface area contributed by atoms with Crippen molar-refractivity contribution in [1.82, 2.24) is 10.2 Å². The predicted octanol–water partition coefficient (Wildman–Crippen LogP) is -0.192. The molecule has 1 amide bonds. The molecule has 0 bridgehead atoms. The summed E-state index contributed by atoms with van der Waals surface area (Å²) in [5, 5.41) is 2.97. The molecule has 0 radical (unpaired) electrons. The third-order valence-electron chi connectivity index (χ3n) is 3.35. The second-order valence-electron chi connectivity index (χ2n) is 5.20. The van der Waals surface area contributed by atoms with E-state index in [1.54, 1.807) is 7.05 Å². The maximum atomic E-state index is 11.3. The average Bonchev–Trinajstić information content (AvgIpc) is 3.07. The van der Waals surface area contributed by atoms with E-state index in [0.29, 0.717) is 13.2 Å². The lowest BCUT2D eigenvalue weighted by molar-refractivity contribution is -0.124. The van der Waals surface area contributed by atoms with Gasteiger partial charge in [-0.2, -0.15) is 0 Å². The highest BCUT2D eigenvalue weighted by Crippen LogP contribution is 2.28. The van der Waals surface area contributed by atoms with Gasteiger partial charge in [-0.1, -0.05) is 0 Å². The summed E-state index contributed by atoms with van der Waals surface area (Å²) < 4.78 is 5.56. The van der Waals surface area contributed by atoms with Crippen LogP contribution in [0, 0.1) is 5.92 Å². The maximum absolute atomic E-state index is 11.3. The highest BCUT2D eigenvalue weighted by molar-refractivity contribution is 5.84. The van der Waals surface area contributed by atoms with Crippen molar-refractivity contribution < 1.29 is 9.53 Å². The molecule has 1 rings (SSSR count). The molecule has 1 saturated carbocycles. The van der Waals surface area contributed by atoms with Crippen LogP contribution in [-0.2, 0) is 9.53 Å². The Kier molecular flexibility index (Phi) is 5.36. The van der Waals surface area contributed by atoms with Crippen LogP contribution in [0.4, 0.5) is 0 Å². The van der Waals surface area contributed by atoms with Crippen molar-refractivity contribution in [2.45, 2.75) is 25.3 Å². The molecule has 1 atom stereocenters. The van der Waals surface area contributed by atoms with Crippen LogP contribution in [0.2, 0.25) is 0 Å². The Balaban J connectivity index is 2.17. The minimum Gasteiger partial charge on any atom is -0.380 e. The van der Waals surface area contributed by atoms with Crippen molar-refractivity contribution in [3.05, 3.63) is 0 Å². The molecule has 5 heteroatoms. The summed E-state index contributed by atoms with van der Waals surface area (Å²) in [5.74, 6) is 0.472. The zero-order chi connectivity index (χ0) is 12.9. The standard InChI is InChI=1S/C12H25N3O2/c1-12(14-2,11(13)16)9-15(3)6-7-17-8-10-4-5-10/h10,14H,4-9H2,1-3H3,(H2,13,16). The fourth-order valence-electron chi connectivity index (χ4n) is 1.65. The molecular formula is C12H25N3O2. The van der Waals surface area contributed by atoms with Crippen LogP contribution in [0.25, 0.3) is 0 Å². The largest absolute Gasteiger partial charge is 0.380 e. The molecule has 1 aliphatic rings. The van der Waals surface area contributed by atoms with Crippen LogP contribution in [0.5, 0.6) is 0 Å². The number of nitrogens with one attached hydrogen (secondary N) is 1. The Morgan fingerprint density at radius 2 is 2.24 bits per heavy atom. The Morgan fingerprint density at radius 1 is 1.59 bits per heavy atom. The topological polar surface area (TPSA) is 67.6 Å². The molecule has 1 unspecified atom stereocenters. The summed E-state index contributed by atoms with van der Waals surface area (Å²) in [6, 6.07) is 0. The van der Waals surface area contributed by atoms with Gasteiger partial charge in [0.05, 0.1) is 6.61 Å². The van der Waals surface area contributed by atoms with E-state index < -0.39 is 5.54 Å². The first-order valence-electron chi connectivity index (χ1n) is 6.23. The minimum atomic E-state index is -0.675. The Hall–Kier alpha value is -0.650. The van der Waals surface area contributed by atoms with E-state index >= 15 is 0 Å². The first kappa shape index (κ1) is 14.4. The van der Waals surface area contributed by atoms with Gasteiger partial charge >= 0.3 is 0 Å². The van der Waals surface area contributed by atoms with E-state index in [2.05, 4.69) is 10.2 Å². The van der Waals surface area contributed by atoms with E-state index in [4.69, 9.17) is 10.5 Å². The smallest absolute Gasteiger partial charge is 0.238 e. The van der Waals surface area contributed by atoms with E-state index in [1.165, 1.54) is 12.8 Å². The number of carbonyl (C=O) groups excluding carboxylic acids is 1. The zero-order valence-corrected chi connectivity index (χ0v) is 11.2. The fourth-order valence-corrected chi connectivity index (χ4v) is 1.65. The van der Waals surface area contributed by atoms with E-state index in [9.17, 15) is 4.79 Å². The van der Waals surface area contributed by atoms with Crippen LogP contribution >= 0.6 is 0 Å². The second kappa shape index (κ2) is 6.33. The van der Waals surface area contributed by atoms with Gasteiger partial charge in [-0.05, 0) is 39.8 Å². The Bertz CT molecular complexity index is 256. The number of nitrogens with zero attached hydrogens (tertiary/aromatic N) is 1. The summed E-state index contributed by atoms with van der Waals surface area (Å²) in [7, 11) is 3.72. The number of hydrogen-bond donors (Lipinski definition) is 2. The van der Waals surface area contributed by atoms with Gasteiger partial charge in [0.2, 0.25) is 5.91 Å². The molecule has 100 valence electrons. The lowest BCUT2D eigenvalue weighted by Gasteiger charge is -2.30. The van der Waals surface area contributed by atoms with Gasteiger partial charge in [0.15, 0.2) is 0 Å². The molecule has 0 aromatic carbocycles. The monoisotopic (exact) mass is 243 g/mol. The number of likely N-dealkylation sites (N-methyl/N-ethyl adjacent to an activating group) is 2. The average molecular weight is 243 g/mol. The molecule has 5 nitrogen and oxygen atoms in total. The lowest BCUT2D eigenvalue weighted by Crippen LogP contribution is -2.58. The van der Waals surface area contributed by atoms with E-state index in [1.807, 2.05) is 14.0 Å². The Labute approximate surface area is 104 Å². The van der Waals surface area contributed by atoms with Gasteiger partial charge in [0, 0.05) is 19.7 Å². The summed E-state index contributed by atoms with van der Waals surface area (Å²) >= 11 is 0. The molecule has 0 aromatic heterocycles. The predicted molar refractivity (Wildman–Crippen MR) is 67.7 cm³/mol. The van der Waals surface area contributed by atoms with Crippen LogP contribution < -0.4 is 11.1 Å². The molecular weight excluding hydrogens is 218 g/mol. The summed E-state index contributed by atoms with van der Waals surface area (Å²) in [6.45, 7) is 4.82. The molecule has 0 aliphatic heterocycles. The van der Waals surface area contributed by atoms with Crippen molar-refractivity contribution in [3.63, 3.8) is 0 Å². The molecule has 1 fully saturated rings. The van der Waals surface area contributed by atoms with Gasteiger partial charge in [0.1, 0.15) is 5.54 Å². The molecule has 3 N–H and O–H groups in total. The highest BCUT2D eigenvalue weighted by Gasteiger charge is 2.30. The molecule has 0 heterocycles.